The average Bonchev–Trinajstić information content (AvgIpc) is 2.48. The number of hydrogen-bond acceptors (Lipinski definition) is 2. The van der Waals surface area contributed by atoms with E-state index in [1.54, 1.807) is 0 Å². The summed E-state index contributed by atoms with van der Waals surface area (Å²) in [5.41, 5.74) is 1.11. The van der Waals surface area contributed by atoms with Crippen LogP contribution in [0, 0.1) is 11.8 Å². The molecule has 1 N–H and O–H groups in total. The maximum atomic E-state index is 5.54. The Morgan fingerprint density at radius 2 is 1.77 bits per heavy atom. The summed E-state index contributed by atoms with van der Waals surface area (Å²) in [6.45, 7) is 17.9. The maximum Gasteiger partial charge on any atom is 0.119 e. The van der Waals surface area contributed by atoms with E-state index in [4.69, 9.17) is 4.74 Å². The third-order valence-corrected chi connectivity index (χ3v) is 2.97. The van der Waals surface area contributed by atoms with Crippen molar-refractivity contribution in [3.8, 4) is 5.75 Å². The van der Waals surface area contributed by atoms with Crippen molar-refractivity contribution in [3.63, 3.8) is 0 Å². The molecule has 22 heavy (non-hydrogen) atoms. The fourth-order valence-electron chi connectivity index (χ4n) is 1.73. The van der Waals surface area contributed by atoms with Gasteiger partial charge in [-0.25, -0.2) is 0 Å². The monoisotopic (exact) mass is 305 g/mol. The van der Waals surface area contributed by atoms with E-state index in [9.17, 15) is 0 Å². The first-order valence-corrected chi connectivity index (χ1v) is 8.55. The summed E-state index contributed by atoms with van der Waals surface area (Å²) in [7, 11) is 0. The Morgan fingerprint density at radius 1 is 1.14 bits per heavy atom. The molecule has 0 atom stereocenters. The fourth-order valence-corrected chi connectivity index (χ4v) is 1.73. The van der Waals surface area contributed by atoms with Crippen LogP contribution in [0.3, 0.4) is 0 Å². The van der Waals surface area contributed by atoms with Crippen LogP contribution in [0.5, 0.6) is 5.75 Å². The number of unbranched alkanes of at least 4 members (excludes halogenated alkanes) is 1. The Bertz CT molecular complexity index is 377. The van der Waals surface area contributed by atoms with Crippen LogP contribution in [0.25, 0.3) is 6.08 Å². The van der Waals surface area contributed by atoms with Gasteiger partial charge in [-0.2, -0.15) is 0 Å². The third-order valence-electron chi connectivity index (χ3n) is 2.97. The largest absolute Gasteiger partial charge is 0.494 e. The van der Waals surface area contributed by atoms with Gasteiger partial charge < -0.3 is 10.1 Å². The molecule has 0 aliphatic rings. The van der Waals surface area contributed by atoms with Crippen LogP contribution in [-0.4, -0.2) is 19.7 Å². The molecule has 0 fully saturated rings. The smallest absolute Gasteiger partial charge is 0.119 e. The Hall–Kier alpha value is -1.28. The summed E-state index contributed by atoms with van der Waals surface area (Å²) in [5, 5.41) is 3.38. The second kappa shape index (κ2) is 13.4. The predicted molar refractivity (Wildman–Crippen MR) is 99.5 cm³/mol. The molecule has 0 saturated carbocycles. The lowest BCUT2D eigenvalue weighted by Gasteiger charge is -2.08. The molecule has 0 aromatic heterocycles. The van der Waals surface area contributed by atoms with Gasteiger partial charge in [-0.05, 0) is 49.0 Å². The second-order valence-electron chi connectivity index (χ2n) is 6.42. The molecule has 1 aromatic carbocycles. The highest BCUT2D eigenvalue weighted by Crippen LogP contribution is 2.14. The van der Waals surface area contributed by atoms with Gasteiger partial charge in [-0.15, -0.1) is 0 Å². The zero-order valence-electron chi connectivity index (χ0n) is 15.2. The first-order valence-electron chi connectivity index (χ1n) is 8.55. The van der Waals surface area contributed by atoms with Crippen LogP contribution < -0.4 is 10.1 Å². The highest BCUT2D eigenvalue weighted by atomic mass is 16.5. The molecule has 0 amide bonds. The van der Waals surface area contributed by atoms with Crippen molar-refractivity contribution in [2.24, 2.45) is 11.8 Å². The van der Waals surface area contributed by atoms with Gasteiger partial charge in [0.1, 0.15) is 5.75 Å². The van der Waals surface area contributed by atoms with Crippen LogP contribution in [0.15, 0.2) is 30.8 Å². The fraction of sp³-hybridized carbons (Fsp3) is 0.600. The van der Waals surface area contributed by atoms with Gasteiger partial charge in [-0.3, -0.25) is 0 Å². The van der Waals surface area contributed by atoms with Gasteiger partial charge >= 0.3 is 0 Å². The van der Waals surface area contributed by atoms with E-state index in [0.717, 1.165) is 49.3 Å². The molecule has 0 bridgehead atoms. The van der Waals surface area contributed by atoms with E-state index in [-0.39, 0.29) is 0 Å². The van der Waals surface area contributed by atoms with E-state index < -0.39 is 0 Å². The Labute approximate surface area is 138 Å². The van der Waals surface area contributed by atoms with Gasteiger partial charge in [0.2, 0.25) is 0 Å². The first-order chi connectivity index (χ1) is 10.5. The zero-order valence-corrected chi connectivity index (χ0v) is 15.2. The van der Waals surface area contributed by atoms with Gasteiger partial charge in [0.05, 0.1) is 6.61 Å². The predicted octanol–water partition coefficient (Wildman–Crippen LogP) is 5.40. The highest BCUT2D eigenvalue weighted by molar-refractivity contribution is 5.49. The summed E-state index contributed by atoms with van der Waals surface area (Å²) < 4.78 is 5.54. The quantitative estimate of drug-likeness (QED) is 0.617. The lowest BCUT2D eigenvalue weighted by molar-refractivity contribution is 0.309. The SMILES string of the molecule is C=Cc1cccc(OCCCC)c1.CC(C)CNCC(C)C. The lowest BCUT2D eigenvalue weighted by Crippen LogP contribution is -2.23. The summed E-state index contributed by atoms with van der Waals surface area (Å²) >= 11 is 0. The maximum absolute atomic E-state index is 5.54. The zero-order chi connectivity index (χ0) is 16.8. The second-order valence-corrected chi connectivity index (χ2v) is 6.42. The van der Waals surface area contributed by atoms with Gasteiger partial charge in [0.15, 0.2) is 0 Å². The van der Waals surface area contributed by atoms with Crippen LogP contribution in [-0.2, 0) is 0 Å². The third kappa shape index (κ3) is 12.5. The summed E-state index contributed by atoms with van der Waals surface area (Å²) in [5.74, 6) is 2.50. The van der Waals surface area contributed by atoms with E-state index in [2.05, 4.69) is 46.5 Å². The molecule has 0 saturated heterocycles. The highest BCUT2D eigenvalue weighted by Gasteiger charge is 1.94. The Balaban J connectivity index is 0.000000433. The first kappa shape index (κ1) is 20.7. The normalized spacial score (nSPS) is 10.3. The molecule has 1 rings (SSSR count). The van der Waals surface area contributed by atoms with E-state index in [1.165, 1.54) is 6.42 Å². The van der Waals surface area contributed by atoms with Crippen molar-refractivity contribution in [1.82, 2.24) is 5.32 Å². The van der Waals surface area contributed by atoms with Crippen molar-refractivity contribution < 1.29 is 4.74 Å². The number of nitrogens with one attached hydrogen (secondary N) is 1. The minimum absolute atomic E-state index is 0.781. The van der Waals surface area contributed by atoms with Gasteiger partial charge in [-0.1, -0.05) is 65.8 Å². The molecule has 0 heterocycles. The molecule has 0 spiro atoms. The minimum atomic E-state index is 0.781. The summed E-state index contributed by atoms with van der Waals surface area (Å²) in [4.78, 5) is 0. The molecular formula is C20H35NO. The number of hydrogen-bond donors (Lipinski definition) is 1. The average molecular weight is 306 g/mol. The number of ether oxygens (including phenoxy) is 1. The van der Waals surface area contributed by atoms with Crippen molar-refractivity contribution in [2.45, 2.75) is 47.5 Å². The van der Waals surface area contributed by atoms with Crippen LogP contribution in [0.4, 0.5) is 0 Å². The molecule has 0 radical (unpaired) electrons. The van der Waals surface area contributed by atoms with E-state index in [1.807, 2.05) is 30.3 Å². The molecular weight excluding hydrogens is 270 g/mol. The van der Waals surface area contributed by atoms with Crippen molar-refractivity contribution in [3.05, 3.63) is 36.4 Å². The minimum Gasteiger partial charge on any atom is -0.494 e. The Morgan fingerprint density at radius 3 is 2.27 bits per heavy atom. The molecule has 0 aliphatic heterocycles. The molecule has 2 heteroatoms. The molecule has 1 aromatic rings. The van der Waals surface area contributed by atoms with Gasteiger partial charge in [0.25, 0.3) is 0 Å². The molecule has 0 aliphatic carbocycles. The van der Waals surface area contributed by atoms with Crippen molar-refractivity contribution in [1.29, 1.82) is 0 Å². The van der Waals surface area contributed by atoms with E-state index in [0.29, 0.717) is 0 Å². The van der Waals surface area contributed by atoms with Crippen LogP contribution >= 0.6 is 0 Å². The lowest BCUT2D eigenvalue weighted by atomic mass is 10.2. The summed E-state index contributed by atoms with van der Waals surface area (Å²) in [6, 6.07) is 7.98. The summed E-state index contributed by atoms with van der Waals surface area (Å²) in [6.07, 6.45) is 4.10. The number of benzene rings is 1. The van der Waals surface area contributed by atoms with Crippen LogP contribution in [0.2, 0.25) is 0 Å². The molecule has 126 valence electrons. The standard InChI is InChI=1S/C12H16O.C8H19N/c1-3-5-9-13-12-8-6-7-11(4-2)10-12;1-7(2)5-9-6-8(3)4/h4,6-8,10H,2-3,5,9H2,1H3;7-9H,5-6H2,1-4H3. The van der Waals surface area contributed by atoms with Crippen LogP contribution in [0.1, 0.15) is 53.0 Å². The van der Waals surface area contributed by atoms with E-state index >= 15 is 0 Å². The topological polar surface area (TPSA) is 21.3 Å². The Kier molecular flexibility index (Phi) is 12.6. The van der Waals surface area contributed by atoms with Crippen molar-refractivity contribution >= 4 is 6.08 Å². The number of rotatable bonds is 9. The van der Waals surface area contributed by atoms with Gasteiger partial charge in [0, 0.05) is 0 Å². The van der Waals surface area contributed by atoms with Crippen molar-refractivity contribution in [2.75, 3.05) is 19.7 Å². The molecule has 2 nitrogen and oxygen atoms in total. The molecule has 0 unspecified atom stereocenters.